The van der Waals surface area contributed by atoms with Crippen LogP contribution in [0.3, 0.4) is 0 Å². The van der Waals surface area contributed by atoms with Crippen molar-refractivity contribution in [2.75, 3.05) is 19.6 Å². The van der Waals surface area contributed by atoms with Crippen LogP contribution in [0.5, 0.6) is 0 Å². The average molecular weight is 278 g/mol. The van der Waals surface area contributed by atoms with Gasteiger partial charge in [-0.05, 0) is 51.2 Å². The summed E-state index contributed by atoms with van der Waals surface area (Å²) in [4.78, 5) is 2.64. The second kappa shape index (κ2) is 7.79. The van der Waals surface area contributed by atoms with E-state index in [-0.39, 0.29) is 0 Å². The van der Waals surface area contributed by atoms with Crippen LogP contribution in [0.25, 0.3) is 0 Å². The van der Waals surface area contributed by atoms with Crippen LogP contribution in [0.2, 0.25) is 0 Å². The quantitative estimate of drug-likeness (QED) is 0.870. The highest BCUT2D eigenvalue weighted by Gasteiger charge is 2.30. The van der Waals surface area contributed by atoms with Gasteiger partial charge < -0.3 is 5.73 Å². The lowest BCUT2D eigenvalue weighted by Gasteiger charge is -2.34. The maximum atomic E-state index is 6.07. The zero-order valence-electron chi connectivity index (χ0n) is 13.1. The van der Waals surface area contributed by atoms with Crippen molar-refractivity contribution in [1.29, 1.82) is 0 Å². The van der Waals surface area contributed by atoms with Gasteiger partial charge in [0.2, 0.25) is 0 Å². The molecule has 0 spiro atoms. The highest BCUT2D eigenvalue weighted by molar-refractivity contribution is 5.13. The zero-order valence-corrected chi connectivity index (χ0v) is 13.1. The molecule has 1 aliphatic rings. The molecule has 1 fully saturated rings. The lowest BCUT2D eigenvalue weighted by molar-refractivity contribution is 0.158. The highest BCUT2D eigenvalue weighted by Crippen LogP contribution is 2.34. The van der Waals surface area contributed by atoms with E-state index in [2.05, 4.69) is 40.9 Å². The molecule has 2 heterocycles. The van der Waals surface area contributed by atoms with Gasteiger partial charge in [-0.1, -0.05) is 20.3 Å². The molecule has 0 aromatic carbocycles. The molecule has 4 nitrogen and oxygen atoms in total. The number of hydrogen-bond acceptors (Lipinski definition) is 3. The van der Waals surface area contributed by atoms with Crippen LogP contribution >= 0.6 is 0 Å². The van der Waals surface area contributed by atoms with Crippen LogP contribution in [-0.2, 0) is 6.54 Å². The van der Waals surface area contributed by atoms with Crippen LogP contribution < -0.4 is 5.73 Å². The monoisotopic (exact) mass is 278 g/mol. The third kappa shape index (κ3) is 3.61. The van der Waals surface area contributed by atoms with Crippen LogP contribution in [0.15, 0.2) is 12.4 Å². The van der Waals surface area contributed by atoms with Crippen LogP contribution in [-0.4, -0.2) is 34.3 Å². The van der Waals surface area contributed by atoms with E-state index >= 15 is 0 Å². The molecule has 2 rings (SSSR count). The molecular formula is C16H30N4. The van der Waals surface area contributed by atoms with Crippen molar-refractivity contribution >= 4 is 0 Å². The Bertz CT molecular complexity index is 388. The Kier molecular flexibility index (Phi) is 6.05. The number of aryl methyl sites for hydroxylation is 1. The predicted octanol–water partition coefficient (Wildman–Crippen LogP) is 2.81. The predicted molar refractivity (Wildman–Crippen MR) is 83.5 cm³/mol. The summed E-state index contributed by atoms with van der Waals surface area (Å²) in [6.45, 7) is 8.62. The van der Waals surface area contributed by atoms with Crippen LogP contribution in [0, 0.1) is 5.92 Å². The first-order chi connectivity index (χ1) is 9.80. The molecule has 0 amide bonds. The van der Waals surface area contributed by atoms with Gasteiger partial charge in [0.25, 0.3) is 0 Å². The van der Waals surface area contributed by atoms with Gasteiger partial charge >= 0.3 is 0 Å². The molecule has 1 aromatic heterocycles. The van der Waals surface area contributed by atoms with E-state index in [9.17, 15) is 0 Å². The Balaban J connectivity index is 2.22. The Morgan fingerprint density at radius 1 is 1.25 bits per heavy atom. The van der Waals surface area contributed by atoms with Gasteiger partial charge in [0, 0.05) is 24.3 Å². The first-order valence-corrected chi connectivity index (χ1v) is 8.26. The number of rotatable bonds is 6. The Labute approximate surface area is 123 Å². The summed E-state index contributed by atoms with van der Waals surface area (Å²) in [5.41, 5.74) is 7.44. The van der Waals surface area contributed by atoms with Gasteiger partial charge in [0.15, 0.2) is 0 Å². The van der Waals surface area contributed by atoms with Crippen LogP contribution in [0.1, 0.15) is 57.6 Å². The van der Waals surface area contributed by atoms with Gasteiger partial charge in [0.1, 0.15) is 0 Å². The minimum Gasteiger partial charge on any atom is -0.330 e. The van der Waals surface area contributed by atoms with Crippen molar-refractivity contribution in [3.05, 3.63) is 18.0 Å². The van der Waals surface area contributed by atoms with E-state index < -0.39 is 0 Å². The number of likely N-dealkylation sites (tertiary alicyclic amines) is 1. The lowest BCUT2D eigenvalue weighted by atomic mass is 9.91. The minimum atomic E-state index is 0.466. The number of aromatic nitrogens is 2. The fraction of sp³-hybridized carbons (Fsp3) is 0.812. The van der Waals surface area contributed by atoms with E-state index in [0.717, 1.165) is 19.5 Å². The van der Waals surface area contributed by atoms with Crippen molar-refractivity contribution in [3.63, 3.8) is 0 Å². The zero-order chi connectivity index (χ0) is 14.4. The largest absolute Gasteiger partial charge is 0.330 e. The molecule has 1 saturated heterocycles. The molecule has 0 aliphatic carbocycles. The maximum Gasteiger partial charge on any atom is 0.0537 e. The summed E-state index contributed by atoms with van der Waals surface area (Å²) in [6, 6.07) is 0.466. The number of nitrogens with two attached hydrogens (primary N) is 1. The van der Waals surface area contributed by atoms with Gasteiger partial charge in [-0.15, -0.1) is 0 Å². The molecule has 1 aromatic rings. The molecule has 2 atom stereocenters. The summed E-state index contributed by atoms with van der Waals surface area (Å²) in [5, 5.41) is 4.52. The van der Waals surface area contributed by atoms with E-state index in [4.69, 9.17) is 5.73 Å². The summed E-state index contributed by atoms with van der Waals surface area (Å²) in [5.74, 6) is 0.573. The Hall–Kier alpha value is -0.870. The minimum absolute atomic E-state index is 0.466. The second-order valence-electron chi connectivity index (χ2n) is 6.01. The van der Waals surface area contributed by atoms with Gasteiger partial charge in [-0.2, -0.15) is 5.10 Å². The Morgan fingerprint density at radius 3 is 2.75 bits per heavy atom. The molecule has 4 heteroatoms. The second-order valence-corrected chi connectivity index (χ2v) is 6.01. The van der Waals surface area contributed by atoms with E-state index in [1.165, 1.54) is 44.3 Å². The standard InChI is InChI=1S/C16H30N4/c1-3-8-19-10-6-5-7-14(11-17)16(19)15-12-18-20(13-15)9-4-2/h12-14,16H,3-11,17H2,1-2H3. The van der Waals surface area contributed by atoms with Gasteiger partial charge in [-0.3, -0.25) is 9.58 Å². The number of hydrogen-bond donors (Lipinski definition) is 1. The fourth-order valence-corrected chi connectivity index (χ4v) is 3.47. The smallest absolute Gasteiger partial charge is 0.0537 e. The van der Waals surface area contributed by atoms with Gasteiger partial charge in [-0.25, -0.2) is 0 Å². The number of nitrogens with zero attached hydrogens (tertiary/aromatic N) is 3. The first-order valence-electron chi connectivity index (χ1n) is 8.26. The van der Waals surface area contributed by atoms with Crippen LogP contribution in [0.4, 0.5) is 0 Å². The Morgan fingerprint density at radius 2 is 2.05 bits per heavy atom. The van der Waals surface area contributed by atoms with Crippen molar-refractivity contribution in [3.8, 4) is 0 Å². The normalized spacial score (nSPS) is 24.8. The molecule has 20 heavy (non-hydrogen) atoms. The molecular weight excluding hydrogens is 248 g/mol. The molecule has 1 aliphatic heterocycles. The third-order valence-corrected chi connectivity index (χ3v) is 4.37. The lowest BCUT2D eigenvalue weighted by Crippen LogP contribution is -2.36. The molecule has 0 bridgehead atoms. The first kappa shape index (κ1) is 15.5. The van der Waals surface area contributed by atoms with E-state index in [1.807, 2.05) is 0 Å². The molecule has 114 valence electrons. The maximum absolute atomic E-state index is 6.07. The molecule has 0 saturated carbocycles. The SMILES string of the molecule is CCCN1CCCCC(CN)C1c1cnn(CCC)c1. The van der Waals surface area contributed by atoms with Crippen molar-refractivity contribution in [2.24, 2.45) is 11.7 Å². The van der Waals surface area contributed by atoms with Crippen molar-refractivity contribution in [2.45, 2.75) is 58.5 Å². The van der Waals surface area contributed by atoms with E-state index in [1.54, 1.807) is 0 Å². The summed E-state index contributed by atoms with van der Waals surface area (Å²) >= 11 is 0. The average Bonchev–Trinajstić information content (AvgIpc) is 2.80. The summed E-state index contributed by atoms with van der Waals surface area (Å²) in [7, 11) is 0. The third-order valence-electron chi connectivity index (χ3n) is 4.37. The highest BCUT2D eigenvalue weighted by atomic mass is 15.3. The van der Waals surface area contributed by atoms with Crippen molar-refractivity contribution < 1.29 is 0 Å². The summed E-state index contributed by atoms with van der Waals surface area (Å²) in [6.07, 6.45) is 10.5. The van der Waals surface area contributed by atoms with Gasteiger partial charge in [0.05, 0.1) is 6.20 Å². The molecule has 0 radical (unpaired) electrons. The molecule has 2 unspecified atom stereocenters. The fourth-order valence-electron chi connectivity index (χ4n) is 3.47. The van der Waals surface area contributed by atoms with Crippen molar-refractivity contribution in [1.82, 2.24) is 14.7 Å². The summed E-state index contributed by atoms with van der Waals surface area (Å²) < 4.78 is 2.08. The molecule has 2 N–H and O–H groups in total. The topological polar surface area (TPSA) is 47.1 Å². The van der Waals surface area contributed by atoms with E-state index in [0.29, 0.717) is 12.0 Å².